The van der Waals surface area contributed by atoms with E-state index in [0.29, 0.717) is 31.3 Å². The highest BCUT2D eigenvalue weighted by Gasteiger charge is 2.29. The highest BCUT2D eigenvalue weighted by molar-refractivity contribution is 5.79. The summed E-state index contributed by atoms with van der Waals surface area (Å²) < 4.78 is 11.1. The number of carbonyl (C=O) groups is 1. The average Bonchev–Trinajstić information content (AvgIpc) is 2.69. The molecule has 0 bridgehead atoms. The lowest BCUT2D eigenvalue weighted by atomic mass is 9.95. The molecule has 25 heavy (non-hydrogen) atoms. The van der Waals surface area contributed by atoms with Crippen molar-refractivity contribution in [1.29, 1.82) is 5.26 Å². The number of hydrogen-bond acceptors (Lipinski definition) is 5. The molecule has 0 N–H and O–H groups in total. The van der Waals surface area contributed by atoms with Crippen LogP contribution in [0, 0.1) is 17.2 Å². The van der Waals surface area contributed by atoms with Crippen LogP contribution >= 0.6 is 0 Å². The molecule has 2 fully saturated rings. The van der Waals surface area contributed by atoms with Gasteiger partial charge in [-0.3, -0.25) is 9.69 Å². The topological polar surface area (TPSA) is 65.8 Å². The summed E-state index contributed by atoms with van der Waals surface area (Å²) in [6, 6.07) is 9.27. The number of piperidine rings is 1. The van der Waals surface area contributed by atoms with Gasteiger partial charge in [-0.1, -0.05) is 0 Å². The van der Waals surface area contributed by atoms with Crippen molar-refractivity contribution in [1.82, 2.24) is 9.80 Å². The molecule has 0 saturated carbocycles. The van der Waals surface area contributed by atoms with Crippen LogP contribution in [0.1, 0.15) is 18.4 Å². The second-order valence-corrected chi connectivity index (χ2v) is 6.54. The Morgan fingerprint density at radius 1 is 1.16 bits per heavy atom. The molecule has 0 unspecified atom stereocenters. The summed E-state index contributed by atoms with van der Waals surface area (Å²) in [6.45, 7) is 6.16. The molecule has 6 heteroatoms. The lowest BCUT2D eigenvalue weighted by Crippen LogP contribution is -2.47. The van der Waals surface area contributed by atoms with Crippen LogP contribution in [0.5, 0.6) is 5.75 Å². The number of nitriles is 1. The molecule has 134 valence electrons. The SMILES string of the molecule is N#Cc1ccc(OCCN2CCC(C(=O)N3CCOCC3)CC2)cc1. The van der Waals surface area contributed by atoms with E-state index in [1.165, 1.54) is 0 Å². The van der Waals surface area contributed by atoms with Gasteiger partial charge in [0.25, 0.3) is 0 Å². The van der Waals surface area contributed by atoms with Crippen LogP contribution in [0.2, 0.25) is 0 Å². The summed E-state index contributed by atoms with van der Waals surface area (Å²) in [5, 5.41) is 8.79. The highest BCUT2D eigenvalue weighted by Crippen LogP contribution is 2.20. The first kappa shape index (κ1) is 17.7. The zero-order chi connectivity index (χ0) is 17.5. The monoisotopic (exact) mass is 343 g/mol. The van der Waals surface area contributed by atoms with Crippen molar-refractivity contribution in [2.24, 2.45) is 5.92 Å². The largest absolute Gasteiger partial charge is 0.492 e. The maximum absolute atomic E-state index is 12.5. The first-order valence-electron chi connectivity index (χ1n) is 8.98. The summed E-state index contributed by atoms with van der Waals surface area (Å²) in [6.07, 6.45) is 1.85. The summed E-state index contributed by atoms with van der Waals surface area (Å²) in [5.74, 6) is 1.25. The van der Waals surface area contributed by atoms with Gasteiger partial charge in [0, 0.05) is 25.6 Å². The number of benzene rings is 1. The lowest BCUT2D eigenvalue weighted by Gasteiger charge is -2.35. The lowest BCUT2D eigenvalue weighted by molar-refractivity contribution is -0.141. The van der Waals surface area contributed by atoms with E-state index in [4.69, 9.17) is 14.7 Å². The number of hydrogen-bond donors (Lipinski definition) is 0. The normalized spacial score (nSPS) is 19.4. The molecule has 0 spiro atoms. The van der Waals surface area contributed by atoms with Gasteiger partial charge < -0.3 is 14.4 Å². The number of morpholine rings is 1. The van der Waals surface area contributed by atoms with Crippen molar-refractivity contribution in [2.45, 2.75) is 12.8 Å². The van der Waals surface area contributed by atoms with Gasteiger partial charge in [-0.05, 0) is 50.2 Å². The Morgan fingerprint density at radius 3 is 2.48 bits per heavy atom. The third-order valence-electron chi connectivity index (χ3n) is 4.92. The maximum Gasteiger partial charge on any atom is 0.225 e. The van der Waals surface area contributed by atoms with Gasteiger partial charge in [-0.15, -0.1) is 0 Å². The van der Waals surface area contributed by atoms with Gasteiger partial charge in [-0.2, -0.15) is 5.26 Å². The van der Waals surface area contributed by atoms with Crippen LogP contribution in [0.4, 0.5) is 0 Å². The molecule has 1 amide bonds. The van der Waals surface area contributed by atoms with E-state index in [1.807, 2.05) is 17.0 Å². The van der Waals surface area contributed by atoms with E-state index < -0.39 is 0 Å². The Balaban J connectivity index is 1.36. The number of carbonyl (C=O) groups excluding carboxylic acids is 1. The number of likely N-dealkylation sites (tertiary alicyclic amines) is 1. The number of ether oxygens (including phenoxy) is 2. The van der Waals surface area contributed by atoms with E-state index in [1.54, 1.807) is 12.1 Å². The molecule has 0 atom stereocenters. The van der Waals surface area contributed by atoms with Crippen LogP contribution in [0.15, 0.2) is 24.3 Å². The number of rotatable bonds is 5. The van der Waals surface area contributed by atoms with E-state index in [-0.39, 0.29) is 5.92 Å². The second kappa shape index (κ2) is 8.84. The fourth-order valence-electron chi connectivity index (χ4n) is 3.36. The van der Waals surface area contributed by atoms with E-state index >= 15 is 0 Å². The molecule has 2 aliphatic rings. The molecule has 0 radical (unpaired) electrons. The Kier molecular flexibility index (Phi) is 6.26. The van der Waals surface area contributed by atoms with Crippen molar-refractivity contribution >= 4 is 5.91 Å². The van der Waals surface area contributed by atoms with Crippen LogP contribution in [0.25, 0.3) is 0 Å². The maximum atomic E-state index is 12.5. The molecule has 2 heterocycles. The summed E-state index contributed by atoms with van der Waals surface area (Å²) in [7, 11) is 0. The third kappa shape index (κ3) is 4.94. The molecular formula is C19H25N3O3. The summed E-state index contributed by atoms with van der Waals surface area (Å²) >= 11 is 0. The Morgan fingerprint density at radius 2 is 1.84 bits per heavy atom. The summed E-state index contributed by atoms with van der Waals surface area (Å²) in [5.41, 5.74) is 0.638. The fourth-order valence-corrected chi connectivity index (χ4v) is 3.36. The van der Waals surface area contributed by atoms with Crippen molar-refractivity contribution in [3.05, 3.63) is 29.8 Å². The van der Waals surface area contributed by atoms with Gasteiger partial charge in [0.15, 0.2) is 0 Å². The quantitative estimate of drug-likeness (QED) is 0.811. The third-order valence-corrected chi connectivity index (χ3v) is 4.92. The molecule has 2 aliphatic heterocycles. The van der Waals surface area contributed by atoms with Gasteiger partial charge in [-0.25, -0.2) is 0 Å². The molecule has 3 rings (SSSR count). The first-order chi connectivity index (χ1) is 12.3. The second-order valence-electron chi connectivity index (χ2n) is 6.54. The Bertz CT molecular complexity index is 597. The van der Waals surface area contributed by atoms with Crippen molar-refractivity contribution in [3.63, 3.8) is 0 Å². The molecular weight excluding hydrogens is 318 g/mol. The predicted molar refractivity (Wildman–Crippen MR) is 93.2 cm³/mol. The van der Waals surface area contributed by atoms with Crippen LogP contribution < -0.4 is 4.74 Å². The van der Waals surface area contributed by atoms with Gasteiger partial charge in [0.2, 0.25) is 5.91 Å². The summed E-state index contributed by atoms with van der Waals surface area (Å²) in [4.78, 5) is 16.8. The van der Waals surface area contributed by atoms with E-state index in [9.17, 15) is 4.79 Å². The molecule has 1 aromatic carbocycles. The minimum absolute atomic E-state index is 0.161. The standard InChI is InChI=1S/C19H25N3O3/c20-15-16-1-3-18(4-2-16)25-14-9-21-7-5-17(6-8-21)19(23)22-10-12-24-13-11-22/h1-4,17H,5-14H2. The Hall–Kier alpha value is -2.10. The molecule has 0 aliphatic carbocycles. The number of nitrogens with zero attached hydrogens (tertiary/aromatic N) is 3. The van der Waals surface area contributed by atoms with E-state index in [0.717, 1.165) is 51.3 Å². The molecule has 2 saturated heterocycles. The van der Waals surface area contributed by atoms with Gasteiger partial charge in [0.1, 0.15) is 12.4 Å². The van der Waals surface area contributed by atoms with Crippen molar-refractivity contribution < 1.29 is 14.3 Å². The molecule has 1 aromatic rings. The number of amides is 1. The van der Waals surface area contributed by atoms with Crippen LogP contribution in [0.3, 0.4) is 0 Å². The predicted octanol–water partition coefficient (Wildman–Crippen LogP) is 1.51. The zero-order valence-corrected chi connectivity index (χ0v) is 14.5. The van der Waals surface area contributed by atoms with Crippen LogP contribution in [-0.2, 0) is 9.53 Å². The molecule has 0 aromatic heterocycles. The first-order valence-corrected chi connectivity index (χ1v) is 8.98. The van der Waals surface area contributed by atoms with Crippen molar-refractivity contribution in [2.75, 3.05) is 52.5 Å². The smallest absolute Gasteiger partial charge is 0.225 e. The molecule has 6 nitrogen and oxygen atoms in total. The fraction of sp³-hybridized carbons (Fsp3) is 0.579. The van der Waals surface area contributed by atoms with Gasteiger partial charge >= 0.3 is 0 Å². The van der Waals surface area contributed by atoms with Crippen molar-refractivity contribution in [3.8, 4) is 11.8 Å². The average molecular weight is 343 g/mol. The van der Waals surface area contributed by atoms with Crippen LogP contribution in [-0.4, -0.2) is 68.3 Å². The zero-order valence-electron chi connectivity index (χ0n) is 14.5. The minimum Gasteiger partial charge on any atom is -0.492 e. The van der Waals surface area contributed by atoms with E-state index in [2.05, 4.69) is 11.0 Å². The van der Waals surface area contributed by atoms with Gasteiger partial charge in [0.05, 0.1) is 24.8 Å². The highest BCUT2D eigenvalue weighted by atomic mass is 16.5. The Labute approximate surface area is 148 Å². The minimum atomic E-state index is 0.161.